The molecule has 0 bridgehead atoms. The molecule has 0 aliphatic rings. The van der Waals surface area contributed by atoms with Crippen molar-refractivity contribution >= 4 is 22.7 Å². The van der Waals surface area contributed by atoms with E-state index >= 15 is 0 Å². The summed E-state index contributed by atoms with van der Waals surface area (Å²) in [4.78, 5) is 4.22. The van der Waals surface area contributed by atoms with Crippen LogP contribution in [-0.4, -0.2) is 25.8 Å². The summed E-state index contributed by atoms with van der Waals surface area (Å²) in [6.45, 7) is 0. The predicted octanol–water partition coefficient (Wildman–Crippen LogP) is 0.364. The minimum absolute atomic E-state index is 0.216. The maximum absolute atomic E-state index is 5.85. The van der Waals surface area contributed by atoms with E-state index in [1.807, 2.05) is 24.3 Å². The Bertz CT molecular complexity index is 742. The molecule has 0 spiro atoms. The zero-order valence-corrected chi connectivity index (χ0v) is 9.89. The van der Waals surface area contributed by atoms with Crippen LogP contribution in [0.5, 0.6) is 0 Å². The lowest BCUT2D eigenvalue weighted by molar-refractivity contribution is 0.305. The lowest BCUT2D eigenvalue weighted by Gasteiger charge is -1.99. The molecule has 3 aromatic rings. The molecule has 8 heteroatoms. The van der Waals surface area contributed by atoms with E-state index in [1.165, 1.54) is 0 Å². The van der Waals surface area contributed by atoms with E-state index in [0.717, 1.165) is 11.0 Å². The summed E-state index contributed by atoms with van der Waals surface area (Å²) in [5.41, 5.74) is 13.6. The number of nitrogens with two attached hydrogens (primary N) is 2. The maximum atomic E-state index is 5.85. The topological polar surface area (TPSA) is 121 Å². The van der Waals surface area contributed by atoms with Crippen LogP contribution in [0.4, 0.5) is 5.82 Å². The molecule has 19 heavy (non-hydrogen) atoms. The lowest BCUT2D eigenvalue weighted by atomic mass is 10.3. The van der Waals surface area contributed by atoms with Gasteiger partial charge in [-0.1, -0.05) is 17.3 Å². The molecule has 0 amide bonds. The number of imidazole rings is 1. The van der Waals surface area contributed by atoms with E-state index in [4.69, 9.17) is 11.5 Å². The van der Waals surface area contributed by atoms with Crippen LogP contribution < -0.4 is 11.5 Å². The molecule has 0 atom stereocenters. The molecule has 0 fully saturated rings. The van der Waals surface area contributed by atoms with Gasteiger partial charge in [0.25, 0.3) is 0 Å². The summed E-state index contributed by atoms with van der Waals surface area (Å²) in [5, 5.41) is 11.4. The molecule has 0 saturated heterocycles. The Kier molecular flexibility index (Phi) is 2.60. The molecule has 0 radical (unpaired) electrons. The Labute approximate surface area is 107 Å². The third kappa shape index (κ3) is 2.10. The monoisotopic (exact) mass is 257 g/mol. The molecule has 0 saturated carbocycles. The van der Waals surface area contributed by atoms with Gasteiger partial charge in [-0.3, -0.25) is 0 Å². The van der Waals surface area contributed by atoms with Crippen molar-refractivity contribution in [1.82, 2.24) is 20.0 Å². The van der Waals surface area contributed by atoms with Gasteiger partial charge >= 0.3 is 0 Å². The van der Waals surface area contributed by atoms with Crippen LogP contribution in [0, 0.1) is 0 Å². The normalized spacial score (nSPS) is 12.1. The number of rotatable bonds is 3. The van der Waals surface area contributed by atoms with Crippen molar-refractivity contribution in [3.05, 3.63) is 36.3 Å². The Morgan fingerprint density at radius 2 is 2.16 bits per heavy atom. The van der Waals surface area contributed by atoms with Crippen LogP contribution in [0.15, 0.2) is 40.3 Å². The van der Waals surface area contributed by atoms with E-state index < -0.39 is 0 Å². The number of anilines is 1. The zero-order chi connectivity index (χ0) is 13.2. The number of hydrogen-bond donors (Lipinski definition) is 2. The SMILES string of the molecule is NC(Cc1nonc1N)=Nn1cnc2ccccc21. The number of fused-ring (bicyclic) bond motifs is 1. The van der Waals surface area contributed by atoms with E-state index in [0.29, 0.717) is 11.5 Å². The van der Waals surface area contributed by atoms with Gasteiger partial charge in [0.1, 0.15) is 17.9 Å². The molecule has 4 N–H and O–H groups in total. The van der Waals surface area contributed by atoms with Crippen molar-refractivity contribution in [2.45, 2.75) is 6.42 Å². The highest BCUT2D eigenvalue weighted by Gasteiger charge is 2.08. The van der Waals surface area contributed by atoms with Gasteiger partial charge in [0.05, 0.1) is 17.5 Å². The lowest BCUT2D eigenvalue weighted by Crippen LogP contribution is -2.17. The number of amidine groups is 1. The Balaban J connectivity index is 1.90. The van der Waals surface area contributed by atoms with Crippen molar-refractivity contribution < 1.29 is 4.63 Å². The third-order valence-corrected chi connectivity index (χ3v) is 2.61. The smallest absolute Gasteiger partial charge is 0.191 e. The summed E-state index contributed by atoms with van der Waals surface area (Å²) in [6, 6.07) is 7.63. The Hall–Kier alpha value is -2.90. The quantitative estimate of drug-likeness (QED) is 0.516. The number of nitrogen functional groups attached to an aromatic ring is 1. The van der Waals surface area contributed by atoms with Crippen molar-refractivity contribution in [3.63, 3.8) is 0 Å². The first-order valence-electron chi connectivity index (χ1n) is 5.56. The van der Waals surface area contributed by atoms with Crippen LogP contribution in [0.2, 0.25) is 0 Å². The zero-order valence-electron chi connectivity index (χ0n) is 9.89. The van der Waals surface area contributed by atoms with Gasteiger partial charge < -0.3 is 11.5 Å². The third-order valence-electron chi connectivity index (χ3n) is 2.61. The minimum atomic E-state index is 0.216. The van der Waals surface area contributed by atoms with Gasteiger partial charge in [0.15, 0.2) is 5.82 Å². The second-order valence-corrected chi connectivity index (χ2v) is 3.94. The molecule has 0 unspecified atom stereocenters. The summed E-state index contributed by atoms with van der Waals surface area (Å²) in [7, 11) is 0. The van der Waals surface area contributed by atoms with Crippen LogP contribution >= 0.6 is 0 Å². The van der Waals surface area contributed by atoms with Gasteiger partial charge in [0.2, 0.25) is 0 Å². The van der Waals surface area contributed by atoms with Crippen LogP contribution in [-0.2, 0) is 6.42 Å². The first-order valence-corrected chi connectivity index (χ1v) is 5.56. The minimum Gasteiger partial charge on any atom is -0.385 e. The van der Waals surface area contributed by atoms with Gasteiger partial charge in [-0.2, -0.15) is 5.10 Å². The molecule has 96 valence electrons. The molecular weight excluding hydrogens is 246 g/mol. The van der Waals surface area contributed by atoms with Crippen LogP contribution in [0.3, 0.4) is 0 Å². The van der Waals surface area contributed by atoms with Gasteiger partial charge in [-0.25, -0.2) is 14.3 Å². The second-order valence-electron chi connectivity index (χ2n) is 3.94. The summed E-state index contributed by atoms with van der Waals surface area (Å²) in [5.74, 6) is 0.555. The highest BCUT2D eigenvalue weighted by atomic mass is 16.6. The highest BCUT2D eigenvalue weighted by molar-refractivity contribution is 5.84. The Morgan fingerprint density at radius 1 is 1.32 bits per heavy atom. The molecule has 0 aliphatic heterocycles. The highest BCUT2D eigenvalue weighted by Crippen LogP contribution is 2.11. The molecule has 2 aromatic heterocycles. The largest absolute Gasteiger partial charge is 0.385 e. The average Bonchev–Trinajstić information content (AvgIpc) is 2.98. The van der Waals surface area contributed by atoms with Crippen molar-refractivity contribution in [3.8, 4) is 0 Å². The Morgan fingerprint density at radius 3 is 2.95 bits per heavy atom. The summed E-state index contributed by atoms with van der Waals surface area (Å²) >= 11 is 0. The standard InChI is InChI=1S/C11H11N7O/c12-10(5-8-11(13)17-19-16-8)15-18-6-14-7-3-1-2-4-9(7)18/h1-4,6H,5H2,(H2,12,15)(H2,13,17). The second kappa shape index (κ2) is 4.41. The molecule has 2 heterocycles. The van der Waals surface area contributed by atoms with Crippen molar-refractivity contribution in [2.24, 2.45) is 10.8 Å². The first-order chi connectivity index (χ1) is 9.24. The van der Waals surface area contributed by atoms with E-state index in [1.54, 1.807) is 11.0 Å². The van der Waals surface area contributed by atoms with E-state index in [2.05, 4.69) is 25.0 Å². The first kappa shape index (κ1) is 11.2. The van der Waals surface area contributed by atoms with E-state index in [9.17, 15) is 0 Å². The number of hydrogen-bond acceptors (Lipinski definition) is 6. The van der Waals surface area contributed by atoms with Gasteiger partial charge in [0, 0.05) is 0 Å². The fraction of sp³-hybridized carbons (Fsp3) is 0.0909. The maximum Gasteiger partial charge on any atom is 0.191 e. The molecular formula is C11H11N7O. The van der Waals surface area contributed by atoms with Crippen LogP contribution in [0.1, 0.15) is 5.69 Å². The fourth-order valence-electron chi connectivity index (χ4n) is 1.71. The van der Waals surface area contributed by atoms with Crippen LogP contribution in [0.25, 0.3) is 11.0 Å². The molecule has 3 rings (SSSR count). The van der Waals surface area contributed by atoms with Crippen molar-refractivity contribution in [2.75, 3.05) is 5.73 Å². The number of nitrogens with zero attached hydrogens (tertiary/aromatic N) is 5. The molecule has 8 nitrogen and oxygen atoms in total. The van der Waals surface area contributed by atoms with E-state index in [-0.39, 0.29) is 12.2 Å². The molecule has 0 aliphatic carbocycles. The summed E-state index contributed by atoms with van der Waals surface area (Å²) in [6.07, 6.45) is 1.86. The number of benzene rings is 1. The van der Waals surface area contributed by atoms with Gasteiger partial charge in [-0.15, -0.1) is 0 Å². The van der Waals surface area contributed by atoms with Gasteiger partial charge in [-0.05, 0) is 17.3 Å². The average molecular weight is 257 g/mol. The molecule has 1 aromatic carbocycles. The number of para-hydroxylation sites is 2. The number of aromatic nitrogens is 4. The predicted molar refractivity (Wildman–Crippen MR) is 69.2 cm³/mol. The van der Waals surface area contributed by atoms with Crippen molar-refractivity contribution in [1.29, 1.82) is 0 Å². The summed E-state index contributed by atoms with van der Waals surface area (Å²) < 4.78 is 6.10. The fourth-order valence-corrected chi connectivity index (χ4v) is 1.71.